The number of halogens is 1. The van der Waals surface area contributed by atoms with Gasteiger partial charge in [0, 0.05) is 37.4 Å². The predicted octanol–water partition coefficient (Wildman–Crippen LogP) is 2.93. The first-order valence-corrected chi connectivity index (χ1v) is 11.8. The molecule has 0 bridgehead atoms. The van der Waals surface area contributed by atoms with Crippen molar-refractivity contribution in [2.75, 3.05) is 19.6 Å². The fraction of sp³-hybridized carbons (Fsp3) is 0.500. The summed E-state index contributed by atoms with van der Waals surface area (Å²) in [6.45, 7) is 3.20. The van der Waals surface area contributed by atoms with E-state index in [1.807, 2.05) is 12.3 Å². The zero-order valence-electron chi connectivity index (χ0n) is 14.3. The van der Waals surface area contributed by atoms with E-state index in [0.717, 1.165) is 22.0 Å². The van der Waals surface area contributed by atoms with E-state index in [9.17, 15) is 13.2 Å². The minimum absolute atomic E-state index is 0.00633. The van der Waals surface area contributed by atoms with Gasteiger partial charge in [-0.25, -0.2) is 13.4 Å². The molecule has 142 valence electrons. The molecule has 1 amide bonds. The van der Waals surface area contributed by atoms with E-state index in [-0.39, 0.29) is 16.0 Å². The highest BCUT2D eigenvalue weighted by molar-refractivity contribution is 7.91. The zero-order valence-corrected chi connectivity index (χ0v) is 17.5. The molecule has 1 N–H and O–H groups in total. The van der Waals surface area contributed by atoms with E-state index < -0.39 is 10.0 Å². The van der Waals surface area contributed by atoms with Crippen molar-refractivity contribution in [2.24, 2.45) is 5.92 Å². The molecule has 1 saturated heterocycles. The van der Waals surface area contributed by atoms with Crippen molar-refractivity contribution in [2.45, 2.75) is 30.4 Å². The molecule has 1 aliphatic heterocycles. The van der Waals surface area contributed by atoms with Gasteiger partial charge < -0.3 is 5.32 Å². The van der Waals surface area contributed by atoms with Crippen LogP contribution in [0.5, 0.6) is 0 Å². The molecule has 0 saturated carbocycles. The van der Waals surface area contributed by atoms with E-state index in [4.69, 9.17) is 11.6 Å². The molecule has 6 nitrogen and oxygen atoms in total. The van der Waals surface area contributed by atoms with Gasteiger partial charge in [-0.1, -0.05) is 11.6 Å². The number of aromatic nitrogens is 1. The summed E-state index contributed by atoms with van der Waals surface area (Å²) in [7, 11) is -3.51. The average Bonchev–Trinajstić information content (AvgIpc) is 3.23. The second kappa shape index (κ2) is 8.35. The van der Waals surface area contributed by atoms with E-state index >= 15 is 0 Å². The van der Waals surface area contributed by atoms with Gasteiger partial charge in [-0.05, 0) is 31.9 Å². The van der Waals surface area contributed by atoms with Crippen molar-refractivity contribution < 1.29 is 13.2 Å². The zero-order chi connectivity index (χ0) is 18.7. The van der Waals surface area contributed by atoms with Gasteiger partial charge >= 0.3 is 0 Å². The Balaban J connectivity index is 1.47. The second-order valence-corrected chi connectivity index (χ2v) is 11.1. The lowest BCUT2D eigenvalue weighted by molar-refractivity contribution is -0.126. The lowest BCUT2D eigenvalue weighted by Gasteiger charge is -2.30. The maximum Gasteiger partial charge on any atom is 0.252 e. The summed E-state index contributed by atoms with van der Waals surface area (Å²) in [5, 5.41) is 5.96. The number of carbonyl (C=O) groups is 1. The summed E-state index contributed by atoms with van der Waals surface area (Å²) in [6.07, 6.45) is 1.77. The van der Waals surface area contributed by atoms with Gasteiger partial charge in [0.25, 0.3) is 10.0 Å². The number of carbonyl (C=O) groups excluding carboxylic acids is 1. The molecule has 0 unspecified atom stereocenters. The number of aryl methyl sites for hydroxylation is 1. The highest BCUT2D eigenvalue weighted by Crippen LogP contribution is 2.30. The first kappa shape index (κ1) is 19.8. The molecule has 2 aromatic rings. The fourth-order valence-corrected chi connectivity index (χ4v) is 6.66. The van der Waals surface area contributed by atoms with Crippen LogP contribution in [0.15, 0.2) is 21.7 Å². The van der Waals surface area contributed by atoms with E-state index in [2.05, 4.69) is 10.3 Å². The minimum Gasteiger partial charge on any atom is -0.355 e. The summed E-state index contributed by atoms with van der Waals surface area (Å²) in [5.74, 6) is -0.154. The van der Waals surface area contributed by atoms with Gasteiger partial charge in [0.2, 0.25) is 5.91 Å². The first-order valence-electron chi connectivity index (χ1n) is 8.30. The molecule has 0 atom stereocenters. The van der Waals surface area contributed by atoms with Crippen molar-refractivity contribution in [1.29, 1.82) is 0 Å². The van der Waals surface area contributed by atoms with Crippen LogP contribution < -0.4 is 5.32 Å². The summed E-state index contributed by atoms with van der Waals surface area (Å²) >= 11 is 8.50. The third-order valence-corrected chi connectivity index (χ3v) is 8.73. The van der Waals surface area contributed by atoms with Crippen LogP contribution >= 0.6 is 34.3 Å². The van der Waals surface area contributed by atoms with Crippen molar-refractivity contribution in [3.63, 3.8) is 0 Å². The number of piperidine rings is 1. The summed E-state index contributed by atoms with van der Waals surface area (Å²) in [6, 6.07) is 3.12. The topological polar surface area (TPSA) is 79.4 Å². The summed E-state index contributed by atoms with van der Waals surface area (Å²) in [5.41, 5.74) is 0.989. The molecule has 1 aliphatic rings. The number of hydrogen-bond donors (Lipinski definition) is 1. The SMILES string of the molecule is Cc1nc(CCNC(=O)C2CCN(S(=O)(=O)c3ccc(Cl)s3)CC2)cs1. The third-order valence-electron chi connectivity index (χ3n) is 4.31. The van der Waals surface area contributed by atoms with Gasteiger partial charge in [0.1, 0.15) is 4.21 Å². The molecule has 3 heterocycles. The van der Waals surface area contributed by atoms with E-state index in [1.165, 1.54) is 10.4 Å². The van der Waals surface area contributed by atoms with Gasteiger partial charge in [0.15, 0.2) is 0 Å². The fourth-order valence-electron chi connectivity index (χ4n) is 2.90. The standard InChI is InChI=1S/C16H20ClN3O3S3/c1-11-19-13(10-24-11)4-7-18-16(21)12-5-8-20(9-6-12)26(22,23)15-3-2-14(17)25-15/h2-3,10,12H,4-9H2,1H3,(H,18,21). The molecule has 0 spiro atoms. The maximum absolute atomic E-state index is 12.6. The number of nitrogens with zero attached hydrogens (tertiary/aromatic N) is 2. The Bertz CT molecular complexity index is 870. The number of rotatable bonds is 6. The van der Waals surface area contributed by atoms with Crippen molar-refractivity contribution >= 4 is 50.2 Å². The first-order chi connectivity index (χ1) is 12.4. The molecule has 1 fully saturated rings. The largest absolute Gasteiger partial charge is 0.355 e. The van der Waals surface area contributed by atoms with Crippen LogP contribution in [0.3, 0.4) is 0 Å². The number of nitrogens with one attached hydrogen (secondary N) is 1. The van der Waals surface area contributed by atoms with Crippen LogP contribution in [0.1, 0.15) is 23.5 Å². The van der Waals surface area contributed by atoms with Crippen LogP contribution in [0, 0.1) is 12.8 Å². The molecular weight excluding hydrogens is 414 g/mol. The van der Waals surface area contributed by atoms with Crippen molar-refractivity contribution in [1.82, 2.24) is 14.6 Å². The molecule has 10 heteroatoms. The van der Waals surface area contributed by atoms with Crippen LogP contribution in [0.2, 0.25) is 4.34 Å². The maximum atomic E-state index is 12.6. The number of thiazole rings is 1. The van der Waals surface area contributed by atoms with Gasteiger partial charge in [-0.3, -0.25) is 4.79 Å². The molecule has 0 aliphatic carbocycles. The van der Waals surface area contributed by atoms with Crippen molar-refractivity contribution in [3.8, 4) is 0 Å². The Morgan fingerprint density at radius 2 is 2.12 bits per heavy atom. The Morgan fingerprint density at radius 1 is 1.38 bits per heavy atom. The van der Waals surface area contributed by atoms with Crippen molar-refractivity contribution in [3.05, 3.63) is 32.6 Å². The Hall–Kier alpha value is -1.000. The Labute approximate surface area is 166 Å². The molecule has 3 rings (SSSR count). The lowest BCUT2D eigenvalue weighted by Crippen LogP contribution is -2.43. The second-order valence-electron chi connectivity index (χ2n) is 6.14. The minimum atomic E-state index is -3.51. The molecular formula is C16H20ClN3O3S3. The number of amides is 1. The van der Waals surface area contributed by atoms with Crippen LogP contribution in [0.25, 0.3) is 0 Å². The predicted molar refractivity (Wildman–Crippen MR) is 104 cm³/mol. The van der Waals surface area contributed by atoms with E-state index in [0.29, 0.717) is 43.2 Å². The Morgan fingerprint density at radius 3 is 2.69 bits per heavy atom. The molecule has 2 aromatic heterocycles. The van der Waals surface area contributed by atoms with Crippen LogP contribution in [0.4, 0.5) is 0 Å². The number of sulfonamides is 1. The average molecular weight is 434 g/mol. The normalized spacial score (nSPS) is 16.7. The van der Waals surface area contributed by atoms with Crippen LogP contribution in [-0.2, 0) is 21.2 Å². The molecule has 26 heavy (non-hydrogen) atoms. The monoisotopic (exact) mass is 433 g/mol. The smallest absolute Gasteiger partial charge is 0.252 e. The lowest BCUT2D eigenvalue weighted by atomic mass is 9.97. The number of thiophene rings is 1. The van der Waals surface area contributed by atoms with Gasteiger partial charge in [-0.2, -0.15) is 4.31 Å². The third kappa shape index (κ3) is 4.64. The highest BCUT2D eigenvalue weighted by atomic mass is 35.5. The summed E-state index contributed by atoms with van der Waals surface area (Å²) < 4.78 is 27.3. The molecule has 0 aromatic carbocycles. The quantitative estimate of drug-likeness (QED) is 0.759. The van der Waals surface area contributed by atoms with Crippen LogP contribution in [-0.4, -0.2) is 43.2 Å². The van der Waals surface area contributed by atoms with E-state index in [1.54, 1.807) is 17.4 Å². The molecule has 0 radical (unpaired) electrons. The van der Waals surface area contributed by atoms with Gasteiger partial charge in [0.05, 0.1) is 15.0 Å². The van der Waals surface area contributed by atoms with Gasteiger partial charge in [-0.15, -0.1) is 22.7 Å². The number of hydrogen-bond acceptors (Lipinski definition) is 6. The summed E-state index contributed by atoms with van der Waals surface area (Å²) in [4.78, 5) is 16.7. The highest BCUT2D eigenvalue weighted by Gasteiger charge is 2.32. The Kier molecular flexibility index (Phi) is 6.34.